The second-order valence-electron chi connectivity index (χ2n) is 1.32. The highest BCUT2D eigenvalue weighted by Crippen LogP contribution is 1.96. The predicted octanol–water partition coefficient (Wildman–Crippen LogP) is 0.227. The molecular weight excluding hydrogens is 150 g/mol. The number of esters is 1. The van der Waals surface area contributed by atoms with Crippen LogP contribution in [-0.4, -0.2) is 23.7 Å². The van der Waals surface area contributed by atoms with Crippen molar-refractivity contribution in [3.8, 4) is 0 Å². The standard InChI is InChI=1S/C4H4F2O4/c5-4(6)10-3(9)1-2(7)8/h4H,1H2,(H,7,8). The summed E-state index contributed by atoms with van der Waals surface area (Å²) in [5.74, 6) is -2.94. The number of carboxylic acids is 1. The van der Waals surface area contributed by atoms with Gasteiger partial charge in [-0.2, -0.15) is 8.78 Å². The fourth-order valence-corrected chi connectivity index (χ4v) is 0.265. The highest BCUT2D eigenvalue weighted by Gasteiger charge is 2.13. The van der Waals surface area contributed by atoms with Crippen LogP contribution in [-0.2, 0) is 14.3 Å². The van der Waals surface area contributed by atoms with E-state index in [1.54, 1.807) is 0 Å². The van der Waals surface area contributed by atoms with E-state index in [1.165, 1.54) is 0 Å². The summed E-state index contributed by atoms with van der Waals surface area (Å²) < 4.78 is 25.4. The normalized spacial score (nSPS) is 9.50. The Morgan fingerprint density at radius 3 is 2.30 bits per heavy atom. The smallest absolute Gasteiger partial charge is 0.389 e. The van der Waals surface area contributed by atoms with E-state index in [1.807, 2.05) is 0 Å². The van der Waals surface area contributed by atoms with Gasteiger partial charge in [0.25, 0.3) is 0 Å². The van der Waals surface area contributed by atoms with Crippen LogP contribution in [0.2, 0.25) is 0 Å². The van der Waals surface area contributed by atoms with E-state index < -0.39 is 25.0 Å². The van der Waals surface area contributed by atoms with Gasteiger partial charge in [0.15, 0.2) is 0 Å². The summed E-state index contributed by atoms with van der Waals surface area (Å²) in [6.45, 7) is -3.24. The number of carbonyl (C=O) groups excluding carboxylic acids is 1. The second kappa shape index (κ2) is 3.76. The van der Waals surface area contributed by atoms with Crippen molar-refractivity contribution >= 4 is 11.9 Å². The molecular formula is C4H4F2O4. The van der Waals surface area contributed by atoms with Gasteiger partial charge in [-0.3, -0.25) is 9.59 Å². The van der Waals surface area contributed by atoms with E-state index in [0.29, 0.717) is 0 Å². The summed E-state index contributed by atoms with van der Waals surface area (Å²) in [5, 5.41) is 7.85. The number of halogens is 2. The average molecular weight is 154 g/mol. The molecule has 0 aromatic heterocycles. The molecule has 6 heteroatoms. The zero-order chi connectivity index (χ0) is 8.15. The molecule has 0 rings (SSSR count). The molecule has 4 nitrogen and oxygen atoms in total. The van der Waals surface area contributed by atoms with E-state index in [2.05, 4.69) is 4.74 Å². The van der Waals surface area contributed by atoms with Gasteiger partial charge in [-0.1, -0.05) is 0 Å². The molecule has 0 bridgehead atoms. The van der Waals surface area contributed by atoms with Gasteiger partial charge in [-0.25, -0.2) is 0 Å². The molecule has 58 valence electrons. The van der Waals surface area contributed by atoms with Crippen LogP contribution in [0.1, 0.15) is 6.42 Å². The monoisotopic (exact) mass is 154 g/mol. The molecule has 0 amide bonds. The molecule has 0 spiro atoms. The molecule has 0 fully saturated rings. The van der Waals surface area contributed by atoms with E-state index in [0.717, 1.165) is 0 Å². The Balaban J connectivity index is 3.54. The van der Waals surface area contributed by atoms with Crippen molar-refractivity contribution in [2.24, 2.45) is 0 Å². The summed E-state index contributed by atoms with van der Waals surface area (Å²) in [5.41, 5.74) is 0. The van der Waals surface area contributed by atoms with Crippen LogP contribution in [0.4, 0.5) is 8.78 Å². The Bertz CT molecular complexity index is 144. The van der Waals surface area contributed by atoms with E-state index in [4.69, 9.17) is 5.11 Å². The first-order chi connectivity index (χ1) is 4.52. The molecule has 0 heterocycles. The third-order valence-electron chi connectivity index (χ3n) is 0.516. The number of hydrogen-bond donors (Lipinski definition) is 1. The van der Waals surface area contributed by atoms with Crippen molar-refractivity contribution < 1.29 is 28.2 Å². The summed E-state index contributed by atoms with van der Waals surface area (Å²) in [4.78, 5) is 19.6. The van der Waals surface area contributed by atoms with Gasteiger partial charge < -0.3 is 9.84 Å². The zero-order valence-corrected chi connectivity index (χ0v) is 4.71. The molecule has 0 aliphatic heterocycles. The number of hydrogen-bond acceptors (Lipinski definition) is 3. The van der Waals surface area contributed by atoms with Gasteiger partial charge in [0, 0.05) is 0 Å². The highest BCUT2D eigenvalue weighted by molar-refractivity contribution is 5.90. The highest BCUT2D eigenvalue weighted by atomic mass is 19.3. The second-order valence-corrected chi connectivity index (χ2v) is 1.32. The summed E-state index contributed by atoms with van der Waals surface area (Å²) in [6, 6.07) is 0. The first kappa shape index (κ1) is 8.80. The SMILES string of the molecule is O=C(O)CC(=O)OC(F)F. The van der Waals surface area contributed by atoms with Crippen LogP contribution in [0.15, 0.2) is 0 Å². The van der Waals surface area contributed by atoms with Crippen molar-refractivity contribution in [2.45, 2.75) is 13.0 Å². The predicted molar refractivity (Wildman–Crippen MR) is 24.3 cm³/mol. The minimum atomic E-state index is -3.24. The lowest BCUT2D eigenvalue weighted by Crippen LogP contribution is -2.13. The summed E-state index contributed by atoms with van der Waals surface area (Å²) in [6.07, 6.45) is -1.04. The largest absolute Gasteiger partial charge is 0.481 e. The lowest BCUT2D eigenvalue weighted by Gasteiger charge is -1.98. The van der Waals surface area contributed by atoms with E-state index in [-0.39, 0.29) is 0 Å². The minimum Gasteiger partial charge on any atom is -0.481 e. The number of carbonyl (C=O) groups is 2. The van der Waals surface area contributed by atoms with Crippen LogP contribution < -0.4 is 0 Å². The van der Waals surface area contributed by atoms with Gasteiger partial charge in [0.1, 0.15) is 6.42 Å². The topological polar surface area (TPSA) is 63.6 Å². The number of aliphatic carboxylic acids is 1. The third kappa shape index (κ3) is 4.95. The maximum Gasteiger partial charge on any atom is 0.389 e. The molecule has 0 saturated carbocycles. The average Bonchev–Trinajstić information content (AvgIpc) is 1.58. The van der Waals surface area contributed by atoms with Crippen LogP contribution >= 0.6 is 0 Å². The molecule has 0 saturated heterocycles. The van der Waals surface area contributed by atoms with Gasteiger partial charge in [-0.05, 0) is 0 Å². The molecule has 1 N–H and O–H groups in total. The maximum atomic E-state index is 11.1. The van der Waals surface area contributed by atoms with Crippen LogP contribution in [0.3, 0.4) is 0 Å². The molecule has 0 unspecified atom stereocenters. The maximum absolute atomic E-state index is 11.1. The first-order valence-electron chi connectivity index (χ1n) is 2.22. The molecule has 0 aliphatic rings. The van der Waals surface area contributed by atoms with Crippen molar-refractivity contribution in [3.05, 3.63) is 0 Å². The molecule has 0 aliphatic carbocycles. The van der Waals surface area contributed by atoms with Crippen LogP contribution in [0.25, 0.3) is 0 Å². The summed E-state index contributed by atoms with van der Waals surface area (Å²) >= 11 is 0. The van der Waals surface area contributed by atoms with Gasteiger partial charge in [0.2, 0.25) is 0 Å². The van der Waals surface area contributed by atoms with Crippen molar-refractivity contribution in [3.63, 3.8) is 0 Å². The molecule has 0 atom stereocenters. The van der Waals surface area contributed by atoms with E-state index >= 15 is 0 Å². The minimum absolute atomic E-state index is 1.04. The van der Waals surface area contributed by atoms with Crippen molar-refractivity contribution in [1.82, 2.24) is 0 Å². The molecule has 10 heavy (non-hydrogen) atoms. The fourth-order valence-electron chi connectivity index (χ4n) is 0.265. The fraction of sp³-hybridized carbons (Fsp3) is 0.500. The van der Waals surface area contributed by atoms with Gasteiger partial charge in [-0.15, -0.1) is 0 Å². The van der Waals surface area contributed by atoms with E-state index in [9.17, 15) is 18.4 Å². The number of carboxylic acid groups (broad SMARTS) is 1. The Morgan fingerprint density at radius 1 is 1.50 bits per heavy atom. The number of ether oxygens (including phenoxy) is 1. The van der Waals surface area contributed by atoms with Gasteiger partial charge in [0.05, 0.1) is 0 Å². The Labute approximate surface area is 54.4 Å². The lowest BCUT2D eigenvalue weighted by atomic mass is 10.4. The number of rotatable bonds is 3. The first-order valence-corrected chi connectivity index (χ1v) is 2.22. The van der Waals surface area contributed by atoms with Crippen LogP contribution in [0, 0.1) is 0 Å². The summed E-state index contributed by atoms with van der Waals surface area (Å²) in [7, 11) is 0. The zero-order valence-electron chi connectivity index (χ0n) is 4.71. The quantitative estimate of drug-likeness (QED) is 0.466. The third-order valence-corrected chi connectivity index (χ3v) is 0.516. The molecule has 0 aromatic rings. The van der Waals surface area contributed by atoms with Crippen molar-refractivity contribution in [2.75, 3.05) is 0 Å². The van der Waals surface area contributed by atoms with Crippen LogP contribution in [0.5, 0.6) is 0 Å². The molecule has 0 radical (unpaired) electrons. The molecule has 0 aromatic carbocycles. The Hall–Kier alpha value is -1.20. The number of alkyl halides is 2. The lowest BCUT2D eigenvalue weighted by molar-refractivity contribution is -0.178. The Morgan fingerprint density at radius 2 is 2.00 bits per heavy atom. The van der Waals surface area contributed by atoms with Crippen molar-refractivity contribution in [1.29, 1.82) is 0 Å². The Kier molecular flexibility index (Phi) is 3.30. The van der Waals surface area contributed by atoms with Gasteiger partial charge >= 0.3 is 18.6 Å².